The average molecular weight is 451 g/mol. The van der Waals surface area contributed by atoms with E-state index >= 15 is 0 Å². The highest BCUT2D eigenvalue weighted by molar-refractivity contribution is 7.89. The van der Waals surface area contributed by atoms with Crippen molar-refractivity contribution in [3.05, 3.63) is 58.6 Å². The van der Waals surface area contributed by atoms with Crippen LogP contribution in [-0.2, 0) is 27.8 Å². The average Bonchev–Trinajstić information content (AvgIpc) is 2.72. The predicted molar refractivity (Wildman–Crippen MR) is 117 cm³/mol. The smallest absolute Gasteiger partial charge is 0.258 e. The van der Waals surface area contributed by atoms with Crippen molar-refractivity contribution in [3.63, 3.8) is 0 Å². The molecule has 30 heavy (non-hydrogen) atoms. The summed E-state index contributed by atoms with van der Waals surface area (Å²) < 4.78 is 33.1. The molecular weight excluding hydrogens is 424 g/mol. The molecule has 0 aromatic heterocycles. The second-order valence-corrected chi connectivity index (χ2v) is 9.84. The molecule has 6 nitrogen and oxygen atoms in total. The summed E-state index contributed by atoms with van der Waals surface area (Å²) in [6.45, 7) is 4.57. The van der Waals surface area contributed by atoms with Gasteiger partial charge in [0, 0.05) is 19.1 Å². The molecule has 3 rings (SSSR count). The quantitative estimate of drug-likeness (QED) is 0.664. The maximum atomic E-state index is 13.1. The molecular formula is C22H27ClN2O4S. The maximum absolute atomic E-state index is 13.1. The third-order valence-corrected chi connectivity index (χ3v) is 7.26. The van der Waals surface area contributed by atoms with E-state index in [1.165, 1.54) is 28.1 Å². The number of ether oxygens (including phenoxy) is 1. The number of carbonyl (C=O) groups excluding carboxylic acids is 1. The molecule has 1 heterocycles. The number of fused-ring (bicyclic) bond motifs is 1. The lowest BCUT2D eigenvalue weighted by molar-refractivity contribution is -0.123. The Kier molecular flexibility index (Phi) is 7.39. The Labute approximate surface area is 183 Å². The molecule has 0 radical (unpaired) electrons. The van der Waals surface area contributed by atoms with Crippen molar-refractivity contribution in [1.29, 1.82) is 0 Å². The summed E-state index contributed by atoms with van der Waals surface area (Å²) >= 11 is 6.25. The normalized spacial score (nSPS) is 15.3. The zero-order valence-electron chi connectivity index (χ0n) is 17.2. The summed E-state index contributed by atoms with van der Waals surface area (Å²) in [6.07, 6.45) is 2.54. The fourth-order valence-corrected chi connectivity index (χ4v) is 5.29. The molecule has 0 fully saturated rings. The van der Waals surface area contributed by atoms with Crippen LogP contribution in [0.25, 0.3) is 0 Å². The van der Waals surface area contributed by atoms with Crippen molar-refractivity contribution in [1.82, 2.24) is 9.62 Å². The molecule has 1 amide bonds. The molecule has 0 spiro atoms. The third kappa shape index (κ3) is 5.33. The van der Waals surface area contributed by atoms with E-state index in [9.17, 15) is 13.2 Å². The van der Waals surface area contributed by atoms with Gasteiger partial charge in [-0.25, -0.2) is 8.42 Å². The van der Waals surface area contributed by atoms with Crippen molar-refractivity contribution in [2.75, 3.05) is 13.2 Å². The Balaban J connectivity index is 1.66. The second kappa shape index (κ2) is 9.81. The molecule has 0 unspecified atom stereocenters. The first-order valence-corrected chi connectivity index (χ1v) is 11.9. The van der Waals surface area contributed by atoms with Gasteiger partial charge in [0.25, 0.3) is 5.91 Å². The fourth-order valence-electron chi connectivity index (χ4n) is 3.55. The van der Waals surface area contributed by atoms with Crippen LogP contribution >= 0.6 is 11.6 Å². The van der Waals surface area contributed by atoms with E-state index in [1.54, 1.807) is 0 Å². The summed E-state index contributed by atoms with van der Waals surface area (Å²) in [7, 11) is -3.68. The first-order chi connectivity index (χ1) is 14.3. The minimum absolute atomic E-state index is 0.0729. The number of carbonyl (C=O) groups is 1. The van der Waals surface area contributed by atoms with E-state index in [0.717, 1.165) is 18.4 Å². The van der Waals surface area contributed by atoms with E-state index in [2.05, 4.69) is 12.2 Å². The number of halogens is 1. The highest BCUT2D eigenvalue weighted by Gasteiger charge is 2.28. The molecule has 0 saturated heterocycles. The third-order valence-electron chi connectivity index (χ3n) is 5.12. The highest BCUT2D eigenvalue weighted by Crippen LogP contribution is 2.30. The second-order valence-electron chi connectivity index (χ2n) is 7.50. The van der Waals surface area contributed by atoms with Crippen LogP contribution in [0.4, 0.5) is 0 Å². The number of amides is 1. The SMILES string of the molecule is CCC[C@H](C)NC(=O)COc1ccc(S(=O)(=O)N2CCc3ccccc3C2)cc1Cl. The van der Waals surface area contributed by atoms with E-state index in [4.69, 9.17) is 16.3 Å². The maximum Gasteiger partial charge on any atom is 0.258 e. The summed E-state index contributed by atoms with van der Waals surface area (Å²) in [5, 5.41) is 3.00. The molecule has 8 heteroatoms. The summed E-state index contributed by atoms with van der Waals surface area (Å²) in [5.41, 5.74) is 2.19. The van der Waals surface area contributed by atoms with Crippen molar-refractivity contribution in [2.45, 2.75) is 50.6 Å². The van der Waals surface area contributed by atoms with Crippen LogP contribution in [-0.4, -0.2) is 37.8 Å². The minimum atomic E-state index is -3.68. The Hall–Kier alpha value is -2.09. The molecule has 1 atom stereocenters. The fraction of sp³-hybridized carbons (Fsp3) is 0.409. The molecule has 0 saturated carbocycles. The van der Waals surface area contributed by atoms with Crippen LogP contribution in [0, 0.1) is 0 Å². The standard InChI is InChI=1S/C22H27ClN2O4S/c1-3-6-16(2)24-22(26)15-29-21-10-9-19(13-20(21)23)30(27,28)25-12-11-17-7-4-5-8-18(17)14-25/h4-5,7-10,13,16H,3,6,11-12,14-15H2,1-2H3,(H,24,26)/t16-/m0/s1. The van der Waals surface area contributed by atoms with Crippen molar-refractivity contribution < 1.29 is 17.9 Å². The predicted octanol–water partition coefficient (Wildman–Crippen LogP) is 3.77. The van der Waals surface area contributed by atoms with Crippen LogP contribution in [0.2, 0.25) is 5.02 Å². The van der Waals surface area contributed by atoms with Gasteiger partial charge < -0.3 is 10.1 Å². The van der Waals surface area contributed by atoms with Gasteiger partial charge in [0.05, 0.1) is 9.92 Å². The number of nitrogens with zero attached hydrogens (tertiary/aromatic N) is 1. The Morgan fingerprint density at radius 1 is 1.23 bits per heavy atom. The van der Waals surface area contributed by atoms with Crippen molar-refractivity contribution in [2.24, 2.45) is 0 Å². The number of sulfonamides is 1. The first-order valence-electron chi connectivity index (χ1n) is 10.1. The Bertz CT molecular complexity index is 1010. The van der Waals surface area contributed by atoms with Crippen LogP contribution in [0.5, 0.6) is 5.75 Å². The van der Waals surface area contributed by atoms with Crippen molar-refractivity contribution in [3.8, 4) is 5.75 Å². The summed E-state index contributed by atoms with van der Waals surface area (Å²) in [4.78, 5) is 12.1. The van der Waals surface area contributed by atoms with Gasteiger partial charge in [-0.1, -0.05) is 49.2 Å². The molecule has 0 bridgehead atoms. The molecule has 1 N–H and O–H groups in total. The van der Waals surface area contributed by atoms with Crippen LogP contribution < -0.4 is 10.1 Å². The molecule has 1 aliphatic heterocycles. The largest absolute Gasteiger partial charge is 0.482 e. The van der Waals surface area contributed by atoms with E-state index < -0.39 is 10.0 Å². The molecule has 0 aliphatic carbocycles. The summed E-state index contributed by atoms with van der Waals surface area (Å²) in [6, 6.07) is 12.3. The van der Waals surface area contributed by atoms with Gasteiger partial charge in [0.15, 0.2) is 6.61 Å². The van der Waals surface area contributed by atoms with Gasteiger partial charge in [-0.3, -0.25) is 4.79 Å². The molecule has 1 aliphatic rings. The topological polar surface area (TPSA) is 75.7 Å². The number of nitrogens with one attached hydrogen (secondary N) is 1. The van der Waals surface area contributed by atoms with E-state index in [0.29, 0.717) is 19.5 Å². The first kappa shape index (κ1) is 22.6. The van der Waals surface area contributed by atoms with Gasteiger partial charge >= 0.3 is 0 Å². The lowest BCUT2D eigenvalue weighted by Crippen LogP contribution is -2.36. The number of hydrogen-bond donors (Lipinski definition) is 1. The van der Waals surface area contributed by atoms with Gasteiger partial charge in [-0.05, 0) is 49.1 Å². The molecule has 2 aromatic rings. The Morgan fingerprint density at radius 3 is 2.67 bits per heavy atom. The lowest BCUT2D eigenvalue weighted by atomic mass is 10.0. The molecule has 162 valence electrons. The Morgan fingerprint density at radius 2 is 1.97 bits per heavy atom. The van der Waals surface area contributed by atoms with Crippen LogP contribution in [0.1, 0.15) is 37.8 Å². The zero-order valence-corrected chi connectivity index (χ0v) is 18.8. The van der Waals surface area contributed by atoms with E-state index in [-0.39, 0.29) is 34.2 Å². The van der Waals surface area contributed by atoms with Gasteiger partial charge in [0.2, 0.25) is 10.0 Å². The molecule has 2 aromatic carbocycles. The zero-order chi connectivity index (χ0) is 21.7. The van der Waals surface area contributed by atoms with Crippen molar-refractivity contribution >= 4 is 27.5 Å². The number of rotatable bonds is 8. The van der Waals surface area contributed by atoms with E-state index in [1.807, 2.05) is 31.2 Å². The number of benzene rings is 2. The lowest BCUT2D eigenvalue weighted by Gasteiger charge is -2.28. The number of hydrogen-bond acceptors (Lipinski definition) is 4. The monoisotopic (exact) mass is 450 g/mol. The highest BCUT2D eigenvalue weighted by atomic mass is 35.5. The van der Waals surface area contributed by atoms with Crippen LogP contribution in [0.15, 0.2) is 47.4 Å². The summed E-state index contributed by atoms with van der Waals surface area (Å²) in [5.74, 6) is 0.0357. The van der Waals surface area contributed by atoms with Gasteiger partial charge in [-0.2, -0.15) is 4.31 Å². The van der Waals surface area contributed by atoms with Gasteiger partial charge in [0.1, 0.15) is 5.75 Å². The van der Waals surface area contributed by atoms with Crippen LogP contribution in [0.3, 0.4) is 0 Å². The minimum Gasteiger partial charge on any atom is -0.482 e. The van der Waals surface area contributed by atoms with Gasteiger partial charge in [-0.15, -0.1) is 0 Å².